The van der Waals surface area contributed by atoms with Crippen LogP contribution >= 0.6 is 12.2 Å². The number of likely N-dealkylation sites (N-methyl/N-ethyl adjacent to an activating group) is 1. The monoisotopic (exact) mass is 372 g/mol. The molecule has 1 N–H and O–H groups in total. The molecule has 136 valence electrons. The normalized spacial score (nSPS) is 22.5. The van der Waals surface area contributed by atoms with Crippen LogP contribution in [0, 0.1) is 5.82 Å². The molecule has 0 spiro atoms. The van der Waals surface area contributed by atoms with Crippen LogP contribution in [-0.4, -0.2) is 29.1 Å². The Balaban J connectivity index is 1.97. The van der Waals surface area contributed by atoms with Gasteiger partial charge in [0.05, 0.1) is 16.0 Å². The second-order valence-corrected chi connectivity index (χ2v) is 6.85. The number of nitrogens with zero attached hydrogens (tertiary/aromatic N) is 1. The van der Waals surface area contributed by atoms with Crippen LogP contribution in [0.1, 0.15) is 41.6 Å². The Bertz CT molecular complexity index is 799. The van der Waals surface area contributed by atoms with Crippen molar-refractivity contribution < 1.29 is 13.9 Å². The SMILES string of the molecule is CNC(=S)[C@]1(c2cccnc2)CCCC[C@H]1OC(=O)c1cccc(F)c1. The number of hydrogen-bond donors (Lipinski definition) is 1. The summed E-state index contributed by atoms with van der Waals surface area (Å²) < 4.78 is 19.3. The number of pyridine rings is 1. The van der Waals surface area contributed by atoms with E-state index in [4.69, 9.17) is 17.0 Å². The van der Waals surface area contributed by atoms with Crippen LogP contribution in [0.25, 0.3) is 0 Å². The average Bonchev–Trinajstić information content (AvgIpc) is 2.68. The molecule has 0 saturated heterocycles. The van der Waals surface area contributed by atoms with Crippen molar-refractivity contribution in [2.75, 3.05) is 7.05 Å². The summed E-state index contributed by atoms with van der Waals surface area (Å²) in [6.45, 7) is 0. The van der Waals surface area contributed by atoms with Crippen LogP contribution in [0.5, 0.6) is 0 Å². The van der Waals surface area contributed by atoms with Crippen molar-refractivity contribution in [1.82, 2.24) is 10.3 Å². The maximum atomic E-state index is 13.5. The van der Waals surface area contributed by atoms with E-state index in [0.29, 0.717) is 11.4 Å². The van der Waals surface area contributed by atoms with E-state index in [2.05, 4.69) is 10.3 Å². The molecule has 3 rings (SSSR count). The van der Waals surface area contributed by atoms with Crippen LogP contribution in [0.3, 0.4) is 0 Å². The largest absolute Gasteiger partial charge is 0.457 e. The molecular weight excluding hydrogens is 351 g/mol. The Kier molecular flexibility index (Phi) is 5.61. The third-order valence-electron chi connectivity index (χ3n) is 4.96. The number of carbonyl (C=O) groups excluding carboxylic acids is 1. The fraction of sp³-hybridized carbons (Fsp3) is 0.350. The fourth-order valence-corrected chi connectivity index (χ4v) is 4.04. The van der Waals surface area contributed by atoms with Gasteiger partial charge in [-0.2, -0.15) is 0 Å². The zero-order valence-corrected chi connectivity index (χ0v) is 15.4. The molecule has 1 aliphatic carbocycles. The highest BCUT2D eigenvalue weighted by molar-refractivity contribution is 7.80. The van der Waals surface area contributed by atoms with E-state index in [1.807, 2.05) is 12.1 Å². The van der Waals surface area contributed by atoms with Crippen LogP contribution in [0.4, 0.5) is 4.39 Å². The van der Waals surface area contributed by atoms with Crippen LogP contribution in [0.2, 0.25) is 0 Å². The third kappa shape index (κ3) is 3.46. The summed E-state index contributed by atoms with van der Waals surface area (Å²) in [5.74, 6) is -1.00. The smallest absolute Gasteiger partial charge is 0.338 e. The lowest BCUT2D eigenvalue weighted by Crippen LogP contribution is -2.53. The number of rotatable bonds is 4. The van der Waals surface area contributed by atoms with Gasteiger partial charge in [-0.3, -0.25) is 4.98 Å². The minimum Gasteiger partial charge on any atom is -0.457 e. The predicted octanol–water partition coefficient (Wildman–Crippen LogP) is 3.80. The van der Waals surface area contributed by atoms with E-state index in [1.165, 1.54) is 18.2 Å². The van der Waals surface area contributed by atoms with Crippen LogP contribution < -0.4 is 5.32 Å². The van der Waals surface area contributed by atoms with E-state index >= 15 is 0 Å². The standard InChI is InChI=1S/C20H21FN2O2S/c1-22-19(26)20(15-7-5-11-23-13-15)10-3-2-9-17(20)25-18(24)14-6-4-8-16(21)12-14/h4-8,11-13,17H,2-3,9-10H2,1H3,(H,22,26)/t17-,20+/m1/s1. The van der Waals surface area contributed by atoms with Gasteiger partial charge in [-0.25, -0.2) is 9.18 Å². The van der Waals surface area contributed by atoms with Gasteiger partial charge in [0.1, 0.15) is 11.9 Å². The van der Waals surface area contributed by atoms with Gasteiger partial charge in [-0.1, -0.05) is 30.8 Å². The molecule has 4 nitrogen and oxygen atoms in total. The Morgan fingerprint density at radius 3 is 2.88 bits per heavy atom. The van der Waals surface area contributed by atoms with Gasteiger partial charge >= 0.3 is 5.97 Å². The number of thiocarbonyl (C=S) groups is 1. The third-order valence-corrected chi connectivity index (χ3v) is 5.52. The van der Waals surface area contributed by atoms with E-state index in [-0.39, 0.29) is 5.56 Å². The van der Waals surface area contributed by atoms with E-state index in [1.54, 1.807) is 25.5 Å². The molecule has 0 radical (unpaired) electrons. The molecule has 0 unspecified atom stereocenters. The van der Waals surface area contributed by atoms with Crippen molar-refractivity contribution in [2.24, 2.45) is 0 Å². The first-order chi connectivity index (χ1) is 12.6. The summed E-state index contributed by atoms with van der Waals surface area (Å²) in [6.07, 6.45) is 6.42. The molecule has 6 heteroatoms. The van der Waals surface area contributed by atoms with E-state index in [0.717, 1.165) is 24.8 Å². The minimum absolute atomic E-state index is 0.200. The van der Waals surface area contributed by atoms with Crippen molar-refractivity contribution in [1.29, 1.82) is 0 Å². The average molecular weight is 372 g/mol. The molecule has 2 aromatic rings. The zero-order chi connectivity index (χ0) is 18.6. The van der Waals surface area contributed by atoms with Crippen molar-refractivity contribution >= 4 is 23.2 Å². The van der Waals surface area contributed by atoms with Gasteiger partial charge in [0, 0.05) is 19.4 Å². The van der Waals surface area contributed by atoms with Gasteiger partial charge in [-0.15, -0.1) is 0 Å². The molecule has 1 saturated carbocycles. The highest BCUT2D eigenvalue weighted by atomic mass is 32.1. The maximum Gasteiger partial charge on any atom is 0.338 e. The topological polar surface area (TPSA) is 51.2 Å². The lowest BCUT2D eigenvalue weighted by molar-refractivity contribution is 0.00426. The number of nitrogens with one attached hydrogen (secondary N) is 1. The Morgan fingerprint density at radius 2 is 2.19 bits per heavy atom. The number of carbonyl (C=O) groups is 1. The van der Waals surface area contributed by atoms with Gasteiger partial charge in [0.15, 0.2) is 0 Å². The first-order valence-corrected chi connectivity index (χ1v) is 9.08. The predicted molar refractivity (Wildman–Crippen MR) is 102 cm³/mol. The Hall–Kier alpha value is -2.34. The molecular formula is C20H21FN2O2S. The molecule has 1 aliphatic rings. The first-order valence-electron chi connectivity index (χ1n) is 8.67. The number of aromatic nitrogens is 1. The summed E-state index contributed by atoms with van der Waals surface area (Å²) in [7, 11) is 1.78. The molecule has 0 bridgehead atoms. The van der Waals surface area contributed by atoms with Crippen molar-refractivity contribution in [2.45, 2.75) is 37.2 Å². The van der Waals surface area contributed by atoms with Gasteiger partial charge in [-0.05, 0) is 49.1 Å². The fourth-order valence-electron chi connectivity index (χ4n) is 3.68. The number of benzene rings is 1. The number of esters is 1. The molecule has 1 aromatic heterocycles. The number of hydrogen-bond acceptors (Lipinski definition) is 4. The first kappa shape index (κ1) is 18.5. The second kappa shape index (κ2) is 7.91. The summed E-state index contributed by atoms with van der Waals surface area (Å²) in [4.78, 5) is 17.5. The maximum absolute atomic E-state index is 13.5. The van der Waals surface area contributed by atoms with Crippen molar-refractivity contribution in [3.63, 3.8) is 0 Å². The minimum atomic E-state index is -0.625. The molecule has 2 atom stereocenters. The van der Waals surface area contributed by atoms with Crippen molar-refractivity contribution in [3.05, 3.63) is 65.7 Å². The van der Waals surface area contributed by atoms with Gasteiger partial charge < -0.3 is 10.1 Å². The zero-order valence-electron chi connectivity index (χ0n) is 14.6. The number of halogens is 1. The molecule has 1 heterocycles. The molecule has 0 amide bonds. The van der Waals surface area contributed by atoms with Crippen molar-refractivity contribution in [3.8, 4) is 0 Å². The molecule has 1 aromatic carbocycles. The quantitative estimate of drug-likeness (QED) is 0.653. The summed E-state index contributed by atoms with van der Waals surface area (Å²) >= 11 is 5.65. The molecule has 1 fully saturated rings. The summed E-state index contributed by atoms with van der Waals surface area (Å²) in [5, 5.41) is 3.08. The second-order valence-electron chi connectivity index (χ2n) is 6.44. The van der Waals surface area contributed by atoms with E-state index < -0.39 is 23.3 Å². The van der Waals surface area contributed by atoms with Gasteiger partial charge in [0.25, 0.3) is 0 Å². The Labute approximate surface area is 157 Å². The molecule has 26 heavy (non-hydrogen) atoms. The van der Waals surface area contributed by atoms with Gasteiger partial charge in [0.2, 0.25) is 0 Å². The highest BCUT2D eigenvalue weighted by Crippen LogP contribution is 2.42. The van der Waals surface area contributed by atoms with Crippen LogP contribution in [0.15, 0.2) is 48.8 Å². The highest BCUT2D eigenvalue weighted by Gasteiger charge is 2.48. The lowest BCUT2D eigenvalue weighted by Gasteiger charge is -2.43. The molecule has 0 aliphatic heterocycles. The summed E-state index contributed by atoms with van der Waals surface area (Å²) in [5.41, 5.74) is 0.502. The number of ether oxygens (including phenoxy) is 1. The lowest BCUT2D eigenvalue weighted by atomic mass is 9.67. The van der Waals surface area contributed by atoms with Crippen LogP contribution in [-0.2, 0) is 10.2 Å². The Morgan fingerprint density at radius 1 is 1.35 bits per heavy atom. The van der Waals surface area contributed by atoms with E-state index in [9.17, 15) is 9.18 Å². The summed E-state index contributed by atoms with van der Waals surface area (Å²) in [6, 6.07) is 9.36.